The minimum absolute atomic E-state index is 0.227. The van der Waals surface area contributed by atoms with Gasteiger partial charge in [0, 0.05) is 6.54 Å². The van der Waals surface area contributed by atoms with Crippen molar-refractivity contribution in [3.8, 4) is 0 Å². The molecule has 1 rings (SSSR count). The van der Waals surface area contributed by atoms with Crippen molar-refractivity contribution in [2.24, 2.45) is 0 Å². The predicted octanol–water partition coefficient (Wildman–Crippen LogP) is 1.16. The third-order valence-corrected chi connectivity index (χ3v) is 2.06. The Morgan fingerprint density at radius 1 is 1.50 bits per heavy atom. The van der Waals surface area contributed by atoms with Gasteiger partial charge in [0.25, 0.3) is 0 Å². The fourth-order valence-corrected chi connectivity index (χ4v) is 1.26. The third kappa shape index (κ3) is 4.66. The molecule has 0 bridgehead atoms. The number of hydrazine groups is 1. The van der Waals surface area contributed by atoms with Gasteiger partial charge in [-0.25, -0.2) is 5.43 Å². The molecule has 1 unspecified atom stereocenters. The molecular formula is C7H11Cl3N2O2. The van der Waals surface area contributed by atoms with E-state index >= 15 is 0 Å². The number of carbonyl (C=O) groups is 1. The van der Waals surface area contributed by atoms with Crippen molar-refractivity contribution in [2.45, 2.75) is 22.7 Å². The van der Waals surface area contributed by atoms with Crippen LogP contribution in [0.4, 0.5) is 0 Å². The average molecular weight is 262 g/mol. The lowest BCUT2D eigenvalue weighted by molar-refractivity contribution is -0.147. The summed E-state index contributed by atoms with van der Waals surface area (Å²) in [6.07, 6.45) is 1.65. The van der Waals surface area contributed by atoms with Gasteiger partial charge in [0.15, 0.2) is 0 Å². The van der Waals surface area contributed by atoms with E-state index in [1.54, 1.807) is 0 Å². The highest BCUT2D eigenvalue weighted by molar-refractivity contribution is 6.67. The summed E-state index contributed by atoms with van der Waals surface area (Å²) in [4.78, 5) is 11.3. The SMILES string of the molecule is O=C(OCC(Cl)(Cl)Cl)C1CCCNN1. The summed E-state index contributed by atoms with van der Waals surface area (Å²) in [5.41, 5.74) is 5.66. The van der Waals surface area contributed by atoms with Gasteiger partial charge < -0.3 is 4.74 Å². The van der Waals surface area contributed by atoms with E-state index < -0.39 is 9.76 Å². The number of carbonyl (C=O) groups excluding carboxylic acids is 1. The molecule has 7 heteroatoms. The maximum absolute atomic E-state index is 11.3. The normalized spacial score (nSPS) is 23.2. The van der Waals surface area contributed by atoms with Crippen molar-refractivity contribution in [2.75, 3.05) is 13.2 Å². The first-order valence-electron chi connectivity index (χ1n) is 4.21. The molecule has 1 fully saturated rings. The summed E-state index contributed by atoms with van der Waals surface area (Å²) >= 11 is 16.3. The van der Waals surface area contributed by atoms with Crippen LogP contribution in [0.2, 0.25) is 0 Å². The number of halogens is 3. The number of alkyl halides is 3. The summed E-state index contributed by atoms with van der Waals surface area (Å²) in [6.45, 7) is 0.614. The molecule has 82 valence electrons. The molecule has 0 aromatic carbocycles. The Morgan fingerprint density at radius 3 is 2.71 bits per heavy atom. The number of ether oxygens (including phenoxy) is 1. The molecule has 1 aliphatic heterocycles. The summed E-state index contributed by atoms with van der Waals surface area (Å²) in [5, 5.41) is 0. The van der Waals surface area contributed by atoms with Crippen LogP contribution in [0.5, 0.6) is 0 Å². The Hall–Kier alpha value is 0.260. The number of hydrogen-bond donors (Lipinski definition) is 2. The largest absolute Gasteiger partial charge is 0.460 e. The Kier molecular flexibility index (Phi) is 4.73. The van der Waals surface area contributed by atoms with Crippen LogP contribution in [0.1, 0.15) is 12.8 Å². The van der Waals surface area contributed by atoms with Gasteiger partial charge in [-0.2, -0.15) is 0 Å². The topological polar surface area (TPSA) is 50.4 Å². The van der Waals surface area contributed by atoms with Crippen LogP contribution >= 0.6 is 34.8 Å². The van der Waals surface area contributed by atoms with Crippen LogP contribution in [-0.2, 0) is 9.53 Å². The molecule has 0 amide bonds. The fourth-order valence-electron chi connectivity index (χ4n) is 1.09. The van der Waals surface area contributed by atoms with Crippen LogP contribution in [0.15, 0.2) is 0 Å². The molecule has 1 aliphatic rings. The number of nitrogens with one attached hydrogen (secondary N) is 2. The zero-order chi connectivity index (χ0) is 10.6. The van der Waals surface area contributed by atoms with Crippen molar-refractivity contribution >= 4 is 40.8 Å². The number of esters is 1. The van der Waals surface area contributed by atoms with Gasteiger partial charge in [0.2, 0.25) is 3.79 Å². The van der Waals surface area contributed by atoms with E-state index in [-0.39, 0.29) is 12.6 Å². The molecule has 4 nitrogen and oxygen atoms in total. The Morgan fingerprint density at radius 2 is 2.21 bits per heavy atom. The third-order valence-electron chi connectivity index (χ3n) is 1.73. The summed E-state index contributed by atoms with van der Waals surface area (Å²) in [6, 6.07) is -0.351. The second-order valence-electron chi connectivity index (χ2n) is 2.99. The van der Waals surface area contributed by atoms with E-state index in [1.165, 1.54) is 0 Å². The minimum Gasteiger partial charge on any atom is -0.460 e. The molecule has 0 aromatic rings. The summed E-state index contributed by atoms with van der Waals surface area (Å²) in [5.74, 6) is -0.400. The highest BCUT2D eigenvalue weighted by Crippen LogP contribution is 2.26. The van der Waals surface area contributed by atoms with Crippen LogP contribution in [-0.4, -0.2) is 29.0 Å². The average Bonchev–Trinajstić information content (AvgIpc) is 2.14. The number of hydrogen-bond acceptors (Lipinski definition) is 4. The molecule has 14 heavy (non-hydrogen) atoms. The van der Waals surface area contributed by atoms with Crippen molar-refractivity contribution in [1.82, 2.24) is 10.9 Å². The molecule has 1 heterocycles. The first kappa shape index (κ1) is 12.3. The van der Waals surface area contributed by atoms with Crippen LogP contribution in [0.3, 0.4) is 0 Å². The van der Waals surface area contributed by atoms with Gasteiger partial charge in [0.05, 0.1) is 0 Å². The first-order chi connectivity index (χ1) is 6.49. The maximum atomic E-state index is 11.3. The van der Waals surface area contributed by atoms with E-state index in [1.807, 2.05) is 0 Å². The van der Waals surface area contributed by atoms with Gasteiger partial charge in [-0.1, -0.05) is 34.8 Å². The number of rotatable bonds is 2. The highest BCUT2D eigenvalue weighted by Gasteiger charge is 2.26. The molecule has 1 saturated heterocycles. The standard InChI is InChI=1S/C7H11Cl3N2O2/c8-7(9,10)4-14-6(13)5-2-1-3-11-12-5/h5,11-12H,1-4H2. The van der Waals surface area contributed by atoms with Gasteiger partial charge in [-0.05, 0) is 12.8 Å². The van der Waals surface area contributed by atoms with Gasteiger partial charge in [-0.15, -0.1) is 0 Å². The lowest BCUT2D eigenvalue weighted by Gasteiger charge is -2.23. The zero-order valence-corrected chi connectivity index (χ0v) is 9.62. The molecule has 0 aliphatic carbocycles. The highest BCUT2D eigenvalue weighted by atomic mass is 35.6. The van der Waals surface area contributed by atoms with Crippen molar-refractivity contribution < 1.29 is 9.53 Å². The maximum Gasteiger partial charge on any atom is 0.324 e. The van der Waals surface area contributed by atoms with Crippen LogP contribution in [0.25, 0.3) is 0 Å². The van der Waals surface area contributed by atoms with E-state index in [0.29, 0.717) is 0 Å². The van der Waals surface area contributed by atoms with Gasteiger partial charge in [-0.3, -0.25) is 10.2 Å². The molecule has 0 spiro atoms. The second-order valence-corrected chi connectivity index (χ2v) is 5.50. The molecule has 1 atom stereocenters. The minimum atomic E-state index is -1.54. The van der Waals surface area contributed by atoms with E-state index in [9.17, 15) is 4.79 Å². The molecule has 0 radical (unpaired) electrons. The predicted molar refractivity (Wildman–Crippen MR) is 55.4 cm³/mol. The van der Waals surface area contributed by atoms with Crippen molar-refractivity contribution in [1.29, 1.82) is 0 Å². The Balaban J connectivity index is 2.27. The lowest BCUT2D eigenvalue weighted by atomic mass is 10.1. The van der Waals surface area contributed by atoms with Gasteiger partial charge in [0.1, 0.15) is 12.6 Å². The smallest absolute Gasteiger partial charge is 0.324 e. The Bertz CT molecular complexity index is 202. The lowest BCUT2D eigenvalue weighted by Crippen LogP contribution is -2.50. The monoisotopic (exact) mass is 260 g/mol. The molecule has 0 saturated carbocycles. The summed E-state index contributed by atoms with van der Waals surface area (Å²) in [7, 11) is 0. The van der Waals surface area contributed by atoms with E-state index in [2.05, 4.69) is 10.9 Å². The van der Waals surface area contributed by atoms with Crippen molar-refractivity contribution in [3.05, 3.63) is 0 Å². The molecule has 2 N–H and O–H groups in total. The molecule has 0 aromatic heterocycles. The van der Waals surface area contributed by atoms with Crippen LogP contribution in [0, 0.1) is 0 Å². The van der Waals surface area contributed by atoms with E-state index in [0.717, 1.165) is 19.4 Å². The fraction of sp³-hybridized carbons (Fsp3) is 0.857. The zero-order valence-electron chi connectivity index (χ0n) is 7.36. The first-order valence-corrected chi connectivity index (χ1v) is 5.34. The Labute approximate surface area is 97.2 Å². The van der Waals surface area contributed by atoms with Crippen LogP contribution < -0.4 is 10.9 Å². The second kappa shape index (κ2) is 5.37. The van der Waals surface area contributed by atoms with Crippen molar-refractivity contribution in [3.63, 3.8) is 0 Å². The molecular weight excluding hydrogens is 250 g/mol. The quantitative estimate of drug-likeness (QED) is 0.578. The van der Waals surface area contributed by atoms with E-state index in [4.69, 9.17) is 39.5 Å². The summed E-state index contributed by atoms with van der Waals surface area (Å²) < 4.78 is 3.26. The van der Waals surface area contributed by atoms with Gasteiger partial charge >= 0.3 is 5.97 Å².